The molecule has 1 aromatic carbocycles. The van der Waals surface area contributed by atoms with Gasteiger partial charge in [0.25, 0.3) is 5.91 Å². The Balaban J connectivity index is 2.10. The van der Waals surface area contributed by atoms with Gasteiger partial charge in [0, 0.05) is 6.54 Å². The molecule has 0 bridgehead atoms. The third kappa shape index (κ3) is 3.75. The number of nitrogens with one attached hydrogen (secondary N) is 2. The summed E-state index contributed by atoms with van der Waals surface area (Å²) in [6, 6.07) is 6.56. The second-order valence-corrected chi connectivity index (χ2v) is 4.41. The van der Waals surface area contributed by atoms with Crippen molar-refractivity contribution >= 4 is 17.3 Å². The van der Waals surface area contributed by atoms with E-state index in [1.165, 1.54) is 18.3 Å². The van der Waals surface area contributed by atoms with Crippen molar-refractivity contribution in [2.75, 3.05) is 17.2 Å². The Morgan fingerprint density at radius 2 is 1.90 bits per heavy atom. The molecule has 0 aliphatic rings. The first-order valence-corrected chi connectivity index (χ1v) is 6.57. The average Bonchev–Trinajstić information content (AvgIpc) is 2.49. The molecule has 110 valence electrons. The van der Waals surface area contributed by atoms with Gasteiger partial charge in [-0.3, -0.25) is 4.79 Å². The van der Waals surface area contributed by atoms with E-state index in [1.807, 2.05) is 6.92 Å². The van der Waals surface area contributed by atoms with Gasteiger partial charge in [0.05, 0.1) is 11.9 Å². The highest BCUT2D eigenvalue weighted by molar-refractivity contribution is 6.03. The van der Waals surface area contributed by atoms with Crippen LogP contribution in [0.1, 0.15) is 23.8 Å². The van der Waals surface area contributed by atoms with Crippen molar-refractivity contribution < 1.29 is 13.6 Å². The van der Waals surface area contributed by atoms with Crippen LogP contribution in [-0.2, 0) is 0 Å². The Bertz CT molecular complexity index is 609. The molecule has 4 nitrogen and oxygen atoms in total. The Kier molecular flexibility index (Phi) is 4.81. The number of pyridine rings is 1. The van der Waals surface area contributed by atoms with Crippen molar-refractivity contribution in [1.82, 2.24) is 4.98 Å². The lowest BCUT2D eigenvalue weighted by Gasteiger charge is -2.08. The zero-order valence-corrected chi connectivity index (χ0v) is 11.5. The molecule has 1 heterocycles. The van der Waals surface area contributed by atoms with E-state index < -0.39 is 23.2 Å². The normalized spacial score (nSPS) is 10.2. The number of carbonyl (C=O) groups is 1. The zero-order valence-electron chi connectivity index (χ0n) is 11.5. The summed E-state index contributed by atoms with van der Waals surface area (Å²) in [7, 11) is 0. The summed E-state index contributed by atoms with van der Waals surface area (Å²) in [5.74, 6) is -2.32. The third-order valence-corrected chi connectivity index (χ3v) is 2.78. The van der Waals surface area contributed by atoms with E-state index in [2.05, 4.69) is 15.6 Å². The number of carbonyl (C=O) groups excluding carboxylic acids is 1. The fraction of sp³-hybridized carbons (Fsp3) is 0.200. The minimum absolute atomic E-state index is 0.0831. The quantitative estimate of drug-likeness (QED) is 0.887. The van der Waals surface area contributed by atoms with Crippen LogP contribution in [-0.4, -0.2) is 17.4 Å². The van der Waals surface area contributed by atoms with Crippen molar-refractivity contribution in [2.24, 2.45) is 0 Å². The molecule has 0 fully saturated rings. The summed E-state index contributed by atoms with van der Waals surface area (Å²) in [5, 5.41) is 5.30. The molecule has 0 aliphatic carbocycles. The fourth-order valence-electron chi connectivity index (χ4n) is 1.70. The van der Waals surface area contributed by atoms with Gasteiger partial charge in [-0.25, -0.2) is 13.8 Å². The lowest BCUT2D eigenvalue weighted by atomic mass is 10.2. The minimum Gasteiger partial charge on any atom is -0.384 e. The molecule has 0 atom stereocenters. The van der Waals surface area contributed by atoms with Crippen molar-refractivity contribution in [3.63, 3.8) is 0 Å². The van der Waals surface area contributed by atoms with Gasteiger partial charge in [0.15, 0.2) is 0 Å². The summed E-state index contributed by atoms with van der Waals surface area (Å²) in [4.78, 5) is 15.9. The molecule has 0 saturated heterocycles. The average molecular weight is 291 g/mol. The van der Waals surface area contributed by atoms with Crippen LogP contribution >= 0.6 is 0 Å². The highest BCUT2D eigenvalue weighted by Crippen LogP contribution is 2.18. The van der Waals surface area contributed by atoms with Crippen LogP contribution < -0.4 is 10.6 Å². The van der Waals surface area contributed by atoms with Crippen LogP contribution in [0.2, 0.25) is 0 Å². The van der Waals surface area contributed by atoms with E-state index in [1.54, 1.807) is 6.07 Å². The Hall–Kier alpha value is -2.50. The van der Waals surface area contributed by atoms with E-state index >= 15 is 0 Å². The number of halogens is 2. The number of para-hydroxylation sites is 1. The lowest BCUT2D eigenvalue weighted by Crippen LogP contribution is -2.16. The molecule has 0 radical (unpaired) electrons. The van der Waals surface area contributed by atoms with Crippen molar-refractivity contribution in [1.29, 1.82) is 0 Å². The Labute approximate surface area is 121 Å². The molecule has 1 aromatic heterocycles. The molecule has 2 N–H and O–H groups in total. The van der Waals surface area contributed by atoms with Gasteiger partial charge in [-0.1, -0.05) is 13.0 Å². The van der Waals surface area contributed by atoms with E-state index in [4.69, 9.17) is 0 Å². The van der Waals surface area contributed by atoms with Gasteiger partial charge in [0.2, 0.25) is 0 Å². The summed E-state index contributed by atoms with van der Waals surface area (Å²) < 4.78 is 26.9. The number of benzene rings is 1. The Morgan fingerprint density at radius 3 is 2.48 bits per heavy atom. The topological polar surface area (TPSA) is 54.0 Å². The lowest BCUT2D eigenvalue weighted by molar-refractivity contribution is 0.102. The standard InChI is InChI=1S/C15H15F2N3O/c1-2-8-18-10-6-7-13(19-9-10)15(21)20-14-11(16)4-3-5-12(14)17/h3-7,9,18H,2,8H2,1H3,(H,20,21). The number of hydrogen-bond acceptors (Lipinski definition) is 3. The van der Waals surface area contributed by atoms with Crippen LogP contribution in [0.3, 0.4) is 0 Å². The van der Waals surface area contributed by atoms with E-state index in [0.29, 0.717) is 0 Å². The summed E-state index contributed by atoms with van der Waals surface area (Å²) in [5.41, 5.74) is 0.391. The molecule has 0 unspecified atom stereocenters. The van der Waals surface area contributed by atoms with Gasteiger partial charge in [-0.15, -0.1) is 0 Å². The maximum absolute atomic E-state index is 13.4. The van der Waals surface area contributed by atoms with Gasteiger partial charge in [-0.2, -0.15) is 0 Å². The number of rotatable bonds is 5. The number of nitrogens with zero attached hydrogens (tertiary/aromatic N) is 1. The number of amides is 1. The molecule has 0 saturated carbocycles. The molecule has 0 aliphatic heterocycles. The van der Waals surface area contributed by atoms with Crippen LogP contribution in [0, 0.1) is 11.6 Å². The van der Waals surface area contributed by atoms with Gasteiger partial charge in [-0.05, 0) is 30.7 Å². The largest absolute Gasteiger partial charge is 0.384 e. The minimum atomic E-state index is -0.829. The molecule has 1 amide bonds. The van der Waals surface area contributed by atoms with Crippen LogP contribution in [0.4, 0.5) is 20.2 Å². The summed E-state index contributed by atoms with van der Waals surface area (Å²) >= 11 is 0. The molecule has 0 spiro atoms. The van der Waals surface area contributed by atoms with E-state index in [9.17, 15) is 13.6 Å². The van der Waals surface area contributed by atoms with Gasteiger partial charge >= 0.3 is 0 Å². The van der Waals surface area contributed by atoms with Gasteiger partial charge in [0.1, 0.15) is 23.0 Å². The molecular formula is C15H15F2N3O. The van der Waals surface area contributed by atoms with Crippen molar-refractivity contribution in [3.05, 3.63) is 53.9 Å². The van der Waals surface area contributed by atoms with Crippen LogP contribution in [0.5, 0.6) is 0 Å². The first-order valence-electron chi connectivity index (χ1n) is 6.57. The highest BCUT2D eigenvalue weighted by Gasteiger charge is 2.14. The van der Waals surface area contributed by atoms with Gasteiger partial charge < -0.3 is 10.6 Å². The monoisotopic (exact) mass is 291 g/mol. The molecule has 2 aromatic rings. The number of aromatic nitrogens is 1. The Morgan fingerprint density at radius 1 is 1.19 bits per heavy atom. The van der Waals surface area contributed by atoms with Crippen molar-refractivity contribution in [3.8, 4) is 0 Å². The number of hydrogen-bond donors (Lipinski definition) is 2. The maximum Gasteiger partial charge on any atom is 0.274 e. The summed E-state index contributed by atoms with van der Waals surface area (Å²) in [6.45, 7) is 2.83. The maximum atomic E-state index is 13.4. The molecule has 21 heavy (non-hydrogen) atoms. The first-order chi connectivity index (χ1) is 10.1. The van der Waals surface area contributed by atoms with E-state index in [-0.39, 0.29) is 5.69 Å². The molecule has 6 heteroatoms. The SMILES string of the molecule is CCCNc1ccc(C(=O)Nc2c(F)cccc2F)nc1. The first kappa shape index (κ1) is 14.9. The predicted octanol–water partition coefficient (Wildman–Crippen LogP) is 3.43. The predicted molar refractivity (Wildman–Crippen MR) is 77.3 cm³/mol. The number of anilines is 2. The van der Waals surface area contributed by atoms with Crippen molar-refractivity contribution in [2.45, 2.75) is 13.3 Å². The van der Waals surface area contributed by atoms with E-state index in [0.717, 1.165) is 30.8 Å². The molecular weight excluding hydrogens is 276 g/mol. The van der Waals surface area contributed by atoms with Crippen LogP contribution in [0.15, 0.2) is 36.5 Å². The highest BCUT2D eigenvalue weighted by atomic mass is 19.1. The van der Waals surface area contributed by atoms with Crippen LogP contribution in [0.25, 0.3) is 0 Å². The molecule has 2 rings (SSSR count). The second kappa shape index (κ2) is 6.78. The fourth-order valence-corrected chi connectivity index (χ4v) is 1.70. The second-order valence-electron chi connectivity index (χ2n) is 4.41. The smallest absolute Gasteiger partial charge is 0.274 e. The summed E-state index contributed by atoms with van der Waals surface area (Å²) in [6.07, 6.45) is 2.47. The zero-order chi connectivity index (χ0) is 15.2. The third-order valence-electron chi connectivity index (χ3n) is 2.78.